The average Bonchev–Trinajstić information content (AvgIpc) is 2.75. The molecule has 0 amide bonds. The Morgan fingerprint density at radius 3 is 2.88 bits per heavy atom. The Labute approximate surface area is 101 Å². The summed E-state index contributed by atoms with van der Waals surface area (Å²) in [6.45, 7) is 1.49. The fourth-order valence-corrected chi connectivity index (χ4v) is 2.92. The van der Waals surface area contributed by atoms with E-state index in [0.717, 1.165) is 6.54 Å². The lowest BCUT2D eigenvalue weighted by atomic mass is 10.4. The molecular weight excluding hydrogens is 246 g/mol. The van der Waals surface area contributed by atoms with Crippen molar-refractivity contribution in [1.29, 1.82) is 0 Å². The molecule has 1 aromatic heterocycles. The minimum Gasteiger partial charge on any atom is -0.384 e. The van der Waals surface area contributed by atoms with E-state index in [1.807, 2.05) is 17.5 Å². The van der Waals surface area contributed by atoms with Gasteiger partial charge < -0.3 is 10.1 Å². The van der Waals surface area contributed by atoms with Gasteiger partial charge in [-0.1, -0.05) is 6.07 Å². The van der Waals surface area contributed by atoms with E-state index in [2.05, 4.69) is 5.32 Å². The van der Waals surface area contributed by atoms with Crippen molar-refractivity contribution >= 4 is 21.2 Å². The highest BCUT2D eigenvalue weighted by atomic mass is 32.2. The second kappa shape index (κ2) is 7.01. The number of rotatable bonds is 8. The van der Waals surface area contributed by atoms with Crippen molar-refractivity contribution in [3.63, 3.8) is 0 Å². The Morgan fingerprint density at radius 1 is 1.44 bits per heavy atom. The van der Waals surface area contributed by atoms with E-state index in [0.29, 0.717) is 6.54 Å². The zero-order valence-corrected chi connectivity index (χ0v) is 10.9. The maximum absolute atomic E-state index is 11.4. The van der Waals surface area contributed by atoms with Gasteiger partial charge in [0, 0.05) is 25.1 Å². The molecule has 1 aromatic rings. The summed E-state index contributed by atoms with van der Waals surface area (Å²) in [7, 11) is -1.46. The van der Waals surface area contributed by atoms with Crippen LogP contribution in [0, 0.1) is 0 Å². The van der Waals surface area contributed by atoms with Crippen LogP contribution in [0.5, 0.6) is 0 Å². The number of hydrogen-bond acceptors (Lipinski definition) is 5. The first-order chi connectivity index (χ1) is 7.64. The van der Waals surface area contributed by atoms with Gasteiger partial charge in [0.15, 0.2) is 9.84 Å². The van der Waals surface area contributed by atoms with Crippen LogP contribution >= 0.6 is 11.3 Å². The molecule has 0 aliphatic rings. The normalized spacial score (nSPS) is 11.8. The molecule has 0 spiro atoms. The van der Waals surface area contributed by atoms with Crippen molar-refractivity contribution in [2.45, 2.75) is 6.54 Å². The van der Waals surface area contributed by atoms with Gasteiger partial charge >= 0.3 is 0 Å². The summed E-state index contributed by atoms with van der Waals surface area (Å²) in [5.41, 5.74) is 0. The molecule has 0 bridgehead atoms. The van der Waals surface area contributed by atoms with Crippen LogP contribution in [0.1, 0.15) is 4.88 Å². The zero-order valence-electron chi connectivity index (χ0n) is 9.31. The Bertz CT molecular complexity index is 373. The highest BCUT2D eigenvalue weighted by Crippen LogP contribution is 2.06. The van der Waals surface area contributed by atoms with Crippen molar-refractivity contribution < 1.29 is 13.2 Å². The van der Waals surface area contributed by atoms with Crippen LogP contribution in [0.25, 0.3) is 0 Å². The van der Waals surface area contributed by atoms with E-state index in [9.17, 15) is 8.42 Å². The van der Waals surface area contributed by atoms with Gasteiger partial charge in [-0.2, -0.15) is 0 Å². The Balaban J connectivity index is 2.15. The molecular formula is C10H17NO3S2. The van der Waals surface area contributed by atoms with Gasteiger partial charge in [-0.05, 0) is 11.4 Å². The second-order valence-corrected chi connectivity index (χ2v) is 6.74. The minimum absolute atomic E-state index is 0.101. The number of thiophene rings is 1. The highest BCUT2D eigenvalue weighted by Gasteiger charge is 2.09. The minimum atomic E-state index is -2.97. The van der Waals surface area contributed by atoms with Crippen molar-refractivity contribution in [2.24, 2.45) is 0 Å². The third-order valence-electron chi connectivity index (χ3n) is 2.07. The molecule has 1 N–H and O–H groups in total. The number of hydrogen-bond donors (Lipinski definition) is 1. The van der Waals surface area contributed by atoms with Gasteiger partial charge in [-0.15, -0.1) is 11.3 Å². The Hall–Kier alpha value is -0.430. The summed E-state index contributed by atoms with van der Waals surface area (Å²) < 4.78 is 27.6. The molecule has 0 saturated carbocycles. The summed E-state index contributed by atoms with van der Waals surface area (Å²) in [4.78, 5) is 1.22. The van der Waals surface area contributed by atoms with E-state index in [-0.39, 0.29) is 18.1 Å². The third-order valence-corrected chi connectivity index (χ3v) is 4.56. The SMILES string of the molecule is COCCS(=O)(=O)CCNCc1cccs1. The topological polar surface area (TPSA) is 55.4 Å². The Morgan fingerprint density at radius 2 is 2.25 bits per heavy atom. The third kappa shape index (κ3) is 5.60. The van der Waals surface area contributed by atoms with Gasteiger partial charge in [0.25, 0.3) is 0 Å². The average molecular weight is 263 g/mol. The molecule has 0 radical (unpaired) electrons. The van der Waals surface area contributed by atoms with Crippen LogP contribution < -0.4 is 5.32 Å². The predicted octanol–water partition coefficient (Wildman–Crippen LogP) is 0.899. The summed E-state index contributed by atoms with van der Waals surface area (Å²) in [6.07, 6.45) is 0. The van der Waals surface area contributed by atoms with Gasteiger partial charge in [0.05, 0.1) is 18.1 Å². The number of sulfone groups is 1. The zero-order chi connectivity index (χ0) is 11.9. The molecule has 92 valence electrons. The van der Waals surface area contributed by atoms with Gasteiger partial charge in [0.1, 0.15) is 0 Å². The molecule has 0 fully saturated rings. The first kappa shape index (κ1) is 13.6. The smallest absolute Gasteiger partial charge is 0.153 e. The van der Waals surface area contributed by atoms with Crippen LogP contribution in [0.3, 0.4) is 0 Å². The number of methoxy groups -OCH3 is 1. The van der Waals surface area contributed by atoms with E-state index < -0.39 is 9.84 Å². The van der Waals surface area contributed by atoms with Gasteiger partial charge in [0.2, 0.25) is 0 Å². The van der Waals surface area contributed by atoms with E-state index in [1.54, 1.807) is 11.3 Å². The van der Waals surface area contributed by atoms with Crippen LogP contribution in [-0.4, -0.2) is 40.2 Å². The van der Waals surface area contributed by atoms with Crippen molar-refractivity contribution in [1.82, 2.24) is 5.32 Å². The second-order valence-electron chi connectivity index (χ2n) is 3.40. The van der Waals surface area contributed by atoms with Gasteiger partial charge in [-0.25, -0.2) is 8.42 Å². The fraction of sp³-hybridized carbons (Fsp3) is 0.600. The standard InChI is InChI=1S/C10H17NO3S2/c1-14-5-8-16(12,13)7-4-11-9-10-3-2-6-15-10/h2-3,6,11H,4-5,7-9H2,1H3. The lowest BCUT2D eigenvalue weighted by Crippen LogP contribution is -2.25. The molecule has 1 rings (SSSR count). The lowest BCUT2D eigenvalue weighted by molar-refractivity contribution is 0.217. The maximum atomic E-state index is 11.4. The summed E-state index contributed by atoms with van der Waals surface area (Å²) in [6, 6.07) is 4.01. The number of nitrogens with one attached hydrogen (secondary N) is 1. The van der Waals surface area contributed by atoms with E-state index in [4.69, 9.17) is 4.74 Å². The molecule has 0 aliphatic heterocycles. The van der Waals surface area contributed by atoms with Crippen molar-refractivity contribution in [2.75, 3.05) is 31.8 Å². The monoisotopic (exact) mass is 263 g/mol. The largest absolute Gasteiger partial charge is 0.384 e. The highest BCUT2D eigenvalue weighted by molar-refractivity contribution is 7.91. The molecule has 4 nitrogen and oxygen atoms in total. The van der Waals surface area contributed by atoms with Crippen molar-refractivity contribution in [3.8, 4) is 0 Å². The molecule has 0 saturated heterocycles. The Kier molecular flexibility index (Phi) is 5.97. The first-order valence-corrected chi connectivity index (χ1v) is 7.76. The molecule has 0 unspecified atom stereocenters. The van der Waals surface area contributed by atoms with Crippen LogP contribution in [0.15, 0.2) is 17.5 Å². The first-order valence-electron chi connectivity index (χ1n) is 5.06. The molecule has 16 heavy (non-hydrogen) atoms. The molecule has 1 heterocycles. The molecule has 0 atom stereocenters. The lowest BCUT2D eigenvalue weighted by Gasteiger charge is -2.04. The van der Waals surface area contributed by atoms with Crippen LogP contribution in [0.4, 0.5) is 0 Å². The fourth-order valence-electron chi connectivity index (χ4n) is 1.16. The summed E-state index contributed by atoms with van der Waals surface area (Å²) in [5.74, 6) is 0.270. The van der Waals surface area contributed by atoms with E-state index in [1.165, 1.54) is 12.0 Å². The molecule has 0 aliphatic carbocycles. The van der Waals surface area contributed by atoms with E-state index >= 15 is 0 Å². The predicted molar refractivity (Wildman–Crippen MR) is 66.6 cm³/mol. The summed E-state index contributed by atoms with van der Waals surface area (Å²) in [5, 5.41) is 5.12. The van der Waals surface area contributed by atoms with Gasteiger partial charge in [-0.3, -0.25) is 0 Å². The summed E-state index contributed by atoms with van der Waals surface area (Å²) >= 11 is 1.66. The quantitative estimate of drug-likeness (QED) is 0.708. The van der Waals surface area contributed by atoms with Crippen LogP contribution in [0.2, 0.25) is 0 Å². The molecule has 6 heteroatoms. The molecule has 0 aromatic carbocycles. The number of ether oxygens (including phenoxy) is 1. The van der Waals surface area contributed by atoms with Crippen molar-refractivity contribution in [3.05, 3.63) is 22.4 Å². The maximum Gasteiger partial charge on any atom is 0.153 e. The van der Waals surface area contributed by atoms with Crippen LogP contribution in [-0.2, 0) is 21.1 Å².